The lowest BCUT2D eigenvalue weighted by atomic mass is 9.74. The van der Waals surface area contributed by atoms with E-state index in [9.17, 15) is 60.0 Å². The molecule has 3 aromatic rings. The maximum absolute atomic E-state index is 13.9. The molecule has 6 rings (SSSR count). The van der Waals surface area contributed by atoms with Gasteiger partial charge in [0, 0.05) is 28.3 Å². The summed E-state index contributed by atoms with van der Waals surface area (Å²) in [5, 5.41) is 91.9. The lowest BCUT2D eigenvalue weighted by Crippen LogP contribution is -2.61. The van der Waals surface area contributed by atoms with Crippen molar-refractivity contribution >= 4 is 23.4 Å². The van der Waals surface area contributed by atoms with Gasteiger partial charge in [0.25, 0.3) is 5.91 Å². The Bertz CT molecular complexity index is 2030. The molecule has 0 saturated carbocycles. The summed E-state index contributed by atoms with van der Waals surface area (Å²) in [6.07, 6.45) is -8.85. The number of aromatic hydroxyl groups is 3. The van der Waals surface area contributed by atoms with Crippen molar-refractivity contribution in [2.75, 3.05) is 20.8 Å². The monoisotopic (exact) mass is 724 g/mol. The van der Waals surface area contributed by atoms with Crippen molar-refractivity contribution in [3.8, 4) is 34.1 Å². The van der Waals surface area contributed by atoms with Crippen molar-refractivity contribution in [3.05, 3.63) is 68.8 Å². The van der Waals surface area contributed by atoms with Crippen molar-refractivity contribution in [3.63, 3.8) is 0 Å². The molecule has 0 spiro atoms. The van der Waals surface area contributed by atoms with Crippen LogP contribution >= 0.6 is 0 Å². The minimum Gasteiger partial charge on any atom is -0.507 e. The van der Waals surface area contributed by atoms with Crippen molar-refractivity contribution in [2.24, 2.45) is 0 Å². The summed E-state index contributed by atoms with van der Waals surface area (Å²) in [7, 11) is 2.82. The van der Waals surface area contributed by atoms with E-state index in [0.717, 1.165) is 12.1 Å². The molecule has 0 radical (unpaired) electrons. The molecule has 2 aliphatic carbocycles. The summed E-state index contributed by atoms with van der Waals surface area (Å²) in [6, 6.07) is 2.17. The molecule has 0 aromatic heterocycles. The number of benzene rings is 3. The second-order valence-corrected chi connectivity index (χ2v) is 12.8. The van der Waals surface area contributed by atoms with Crippen LogP contribution < -0.4 is 15.4 Å². The lowest BCUT2D eigenvalue weighted by molar-refractivity contribution is -0.295. The molecule has 8 atom stereocenters. The molecule has 1 amide bonds. The number of ketones is 2. The number of likely N-dealkylation sites (N-methyl/N-ethyl adjacent to an activating group) is 1. The molecule has 0 bridgehead atoms. The van der Waals surface area contributed by atoms with Crippen LogP contribution in [0.5, 0.6) is 23.0 Å². The van der Waals surface area contributed by atoms with Crippen LogP contribution in [0.4, 0.5) is 0 Å². The van der Waals surface area contributed by atoms with E-state index in [2.05, 4.69) is 10.6 Å². The first kappa shape index (κ1) is 36.6. The average molecular weight is 725 g/mol. The van der Waals surface area contributed by atoms with E-state index >= 15 is 0 Å². The fourth-order valence-electron chi connectivity index (χ4n) is 7.19. The highest BCUT2D eigenvalue weighted by Gasteiger charge is 2.48. The number of carboxylic acids is 1. The molecule has 17 heteroatoms. The van der Waals surface area contributed by atoms with E-state index in [0.29, 0.717) is 0 Å². The molecule has 3 aliphatic rings. The number of carboxylic acid groups (broad SMARTS) is 1. The van der Waals surface area contributed by atoms with Gasteiger partial charge in [0.1, 0.15) is 47.4 Å². The number of amides is 1. The lowest BCUT2D eigenvalue weighted by Gasteiger charge is -2.44. The van der Waals surface area contributed by atoms with Crippen molar-refractivity contribution in [2.45, 2.75) is 62.7 Å². The zero-order chi connectivity index (χ0) is 38.1. The van der Waals surface area contributed by atoms with Gasteiger partial charge < -0.3 is 65.7 Å². The summed E-state index contributed by atoms with van der Waals surface area (Å²) in [4.78, 5) is 52.8. The largest absolute Gasteiger partial charge is 0.507 e. The van der Waals surface area contributed by atoms with Gasteiger partial charge in [-0.1, -0.05) is 6.07 Å². The number of hydrogen-bond donors (Lipinski definition) is 10. The van der Waals surface area contributed by atoms with Crippen LogP contribution in [0.1, 0.15) is 78.0 Å². The number of fused-ring (bicyclic) bond motifs is 5. The first-order valence-electron chi connectivity index (χ1n) is 16.0. The van der Waals surface area contributed by atoms with Crippen LogP contribution in [0.15, 0.2) is 24.3 Å². The average Bonchev–Trinajstić information content (AvgIpc) is 3.09. The number of phenolic OH excluding ortho intramolecular Hbond substituents is 3. The molecule has 1 aliphatic heterocycles. The molecular weight excluding hydrogens is 688 g/mol. The number of aryl methyl sites for hydroxylation is 1. The van der Waals surface area contributed by atoms with E-state index in [-0.39, 0.29) is 33.6 Å². The van der Waals surface area contributed by atoms with Gasteiger partial charge in [-0.05, 0) is 49.7 Å². The number of hydrogen-bond acceptors (Lipinski definition) is 15. The number of aliphatic hydroxyl groups is 4. The van der Waals surface area contributed by atoms with Crippen LogP contribution in [0.3, 0.4) is 0 Å². The van der Waals surface area contributed by atoms with Crippen molar-refractivity contribution in [1.82, 2.24) is 10.6 Å². The third-order valence-electron chi connectivity index (χ3n) is 9.77. The standard InChI is InChI=1S/C35H36N2O15/c1-10-5-16-22(28(43)19(10)33(47)37-17(9-38)34(48)49)21-14(27(42)32(16)52-35-31(46)30(45)24(36-3)11(2)51-35)8-15-23(29(21)44)26(41)13-6-12(50-4)7-18(39)20(13)25(15)40/h5-8,11,17,24,27,30-32,35-36,38-39,42-46H,9H2,1-4H3,(H,37,47)(H,48,49). The maximum atomic E-state index is 13.9. The Kier molecular flexibility index (Phi) is 9.47. The van der Waals surface area contributed by atoms with Gasteiger partial charge >= 0.3 is 5.97 Å². The van der Waals surface area contributed by atoms with Crippen molar-refractivity contribution in [1.29, 1.82) is 0 Å². The van der Waals surface area contributed by atoms with Crippen LogP contribution in [0, 0.1) is 6.92 Å². The Morgan fingerprint density at radius 2 is 1.54 bits per heavy atom. The molecule has 1 heterocycles. The Morgan fingerprint density at radius 3 is 2.15 bits per heavy atom. The Labute approximate surface area is 294 Å². The number of rotatable bonds is 8. The van der Waals surface area contributed by atoms with Gasteiger partial charge in [0.15, 0.2) is 23.9 Å². The number of methoxy groups -OCH3 is 1. The van der Waals surface area contributed by atoms with E-state index in [1.54, 1.807) is 14.0 Å². The van der Waals surface area contributed by atoms with Crippen LogP contribution in [-0.4, -0.2) is 122 Å². The minimum atomic E-state index is -1.83. The van der Waals surface area contributed by atoms with Crippen LogP contribution in [0.25, 0.3) is 11.1 Å². The summed E-state index contributed by atoms with van der Waals surface area (Å²) < 4.78 is 17.1. The topological polar surface area (TPSA) is 282 Å². The Hall–Kier alpha value is -5.14. The van der Waals surface area contributed by atoms with Gasteiger partial charge in [-0.25, -0.2) is 4.79 Å². The second-order valence-electron chi connectivity index (χ2n) is 12.8. The molecule has 52 heavy (non-hydrogen) atoms. The van der Waals surface area contributed by atoms with E-state index in [4.69, 9.17) is 14.2 Å². The normalized spacial score (nSPS) is 25.3. The predicted octanol–water partition coefficient (Wildman–Crippen LogP) is -0.103. The zero-order valence-corrected chi connectivity index (χ0v) is 28.1. The quantitative estimate of drug-likeness (QED) is 0.114. The van der Waals surface area contributed by atoms with E-state index < -0.39 is 124 Å². The summed E-state index contributed by atoms with van der Waals surface area (Å²) in [5.41, 5.74) is -3.34. The van der Waals surface area contributed by atoms with Crippen LogP contribution in [0.2, 0.25) is 0 Å². The third kappa shape index (κ3) is 5.54. The predicted molar refractivity (Wildman–Crippen MR) is 175 cm³/mol. The Balaban J connectivity index is 1.58. The molecule has 3 aromatic carbocycles. The number of ether oxygens (including phenoxy) is 3. The zero-order valence-electron chi connectivity index (χ0n) is 28.1. The fourth-order valence-corrected chi connectivity index (χ4v) is 7.19. The van der Waals surface area contributed by atoms with Gasteiger partial charge in [0.05, 0.1) is 42.6 Å². The Morgan fingerprint density at radius 1 is 0.904 bits per heavy atom. The first-order valence-corrected chi connectivity index (χ1v) is 16.0. The number of nitrogens with one attached hydrogen (secondary N) is 2. The smallest absolute Gasteiger partial charge is 0.328 e. The second kappa shape index (κ2) is 13.4. The SMILES string of the molecule is CNC1C(C)OC(OC2c3cc(C)c(C(=O)NC(CO)C(=O)O)c(O)c3-c3c(cc4c(c3O)C(=O)c3cc(OC)cc(O)c3C4=O)C2O)C(O)C1O. The molecular formula is C35H36N2O15. The number of aliphatic hydroxyl groups excluding tert-OH is 4. The first-order chi connectivity index (χ1) is 24.6. The number of carbonyl (C=O) groups excluding carboxylic acids is 3. The molecule has 10 N–H and O–H groups in total. The highest BCUT2D eigenvalue weighted by molar-refractivity contribution is 6.31. The van der Waals surface area contributed by atoms with Gasteiger partial charge in [-0.3, -0.25) is 14.4 Å². The van der Waals surface area contributed by atoms with Gasteiger partial charge in [0.2, 0.25) is 0 Å². The molecule has 1 saturated heterocycles. The van der Waals surface area contributed by atoms with E-state index in [1.165, 1.54) is 26.2 Å². The molecule has 17 nitrogen and oxygen atoms in total. The van der Waals surface area contributed by atoms with Gasteiger partial charge in [-0.15, -0.1) is 0 Å². The summed E-state index contributed by atoms with van der Waals surface area (Å²) >= 11 is 0. The third-order valence-corrected chi connectivity index (χ3v) is 9.77. The highest BCUT2D eigenvalue weighted by Crippen LogP contribution is 2.57. The molecule has 8 unspecified atom stereocenters. The fraction of sp³-hybridized carbons (Fsp3) is 0.371. The summed E-state index contributed by atoms with van der Waals surface area (Å²) in [6.45, 7) is 1.97. The van der Waals surface area contributed by atoms with Gasteiger partial charge in [-0.2, -0.15) is 0 Å². The molecule has 1 fully saturated rings. The number of carbonyl (C=O) groups is 4. The maximum Gasteiger partial charge on any atom is 0.328 e. The van der Waals surface area contributed by atoms with E-state index in [1.807, 2.05) is 0 Å². The summed E-state index contributed by atoms with van der Waals surface area (Å²) in [5.74, 6) is -6.88. The number of phenols is 3. The van der Waals surface area contributed by atoms with Crippen LogP contribution in [-0.2, 0) is 14.3 Å². The highest BCUT2D eigenvalue weighted by atomic mass is 16.7. The van der Waals surface area contributed by atoms with Crippen molar-refractivity contribution < 1.29 is 74.2 Å². The number of aliphatic carboxylic acids is 1. The minimum absolute atomic E-state index is 0.00837. The molecule has 276 valence electrons.